The quantitative estimate of drug-likeness (QED) is 0.470. The van der Waals surface area contributed by atoms with Gasteiger partial charge in [-0.3, -0.25) is 14.9 Å². The Balaban J connectivity index is 1.90. The van der Waals surface area contributed by atoms with Crippen molar-refractivity contribution in [2.45, 2.75) is 6.61 Å². The molecule has 28 heavy (non-hydrogen) atoms. The van der Waals surface area contributed by atoms with E-state index in [0.29, 0.717) is 28.5 Å². The zero-order chi connectivity index (χ0) is 20.3. The van der Waals surface area contributed by atoms with E-state index in [4.69, 9.17) is 25.9 Å². The lowest BCUT2D eigenvalue weighted by Gasteiger charge is -2.10. The van der Waals surface area contributed by atoms with Gasteiger partial charge in [-0.1, -0.05) is 11.6 Å². The third kappa shape index (κ3) is 3.98. The van der Waals surface area contributed by atoms with Gasteiger partial charge in [-0.25, -0.2) is 0 Å². The number of hydrogen-bond donors (Lipinski definition) is 2. The summed E-state index contributed by atoms with van der Waals surface area (Å²) in [5.74, 6) is 0.824. The fraction of sp³-hybridized carbons (Fsp3) is 0.105. The van der Waals surface area contributed by atoms with Crippen LogP contribution in [0.3, 0.4) is 0 Å². The summed E-state index contributed by atoms with van der Waals surface area (Å²) in [6.45, 7) is -0.242. The van der Waals surface area contributed by atoms with Gasteiger partial charge in [0.25, 0.3) is 11.6 Å². The zero-order valence-corrected chi connectivity index (χ0v) is 15.4. The number of ether oxygens (including phenoxy) is 1. The average Bonchev–Trinajstić information content (AvgIpc) is 3.17. The molecule has 0 bridgehead atoms. The van der Waals surface area contributed by atoms with Crippen molar-refractivity contribution >= 4 is 28.9 Å². The van der Waals surface area contributed by atoms with Gasteiger partial charge in [0.2, 0.25) is 0 Å². The number of nitro benzene ring substituents is 1. The minimum absolute atomic E-state index is 0.0502. The first-order valence-electron chi connectivity index (χ1n) is 8.06. The van der Waals surface area contributed by atoms with Crippen LogP contribution in [-0.2, 0) is 6.61 Å². The molecule has 1 aromatic heterocycles. The Bertz CT molecular complexity index is 1050. The Labute approximate surface area is 164 Å². The first-order chi connectivity index (χ1) is 13.4. The monoisotopic (exact) mass is 402 g/mol. The molecular weight excluding hydrogens is 388 g/mol. The molecule has 1 amide bonds. The molecule has 3 rings (SSSR count). The number of carbonyl (C=O) groups is 1. The first kappa shape index (κ1) is 19.4. The van der Waals surface area contributed by atoms with E-state index < -0.39 is 10.8 Å². The number of anilines is 1. The second-order valence-corrected chi connectivity index (χ2v) is 6.12. The number of nitro groups is 1. The number of methoxy groups -OCH3 is 1. The lowest BCUT2D eigenvalue weighted by molar-refractivity contribution is -0.384. The molecule has 3 aromatic rings. The number of hydrogen-bond acceptors (Lipinski definition) is 6. The number of nitrogens with zero attached hydrogens (tertiary/aromatic N) is 1. The molecule has 0 fully saturated rings. The lowest BCUT2D eigenvalue weighted by Crippen LogP contribution is -2.12. The fourth-order valence-electron chi connectivity index (χ4n) is 2.58. The predicted molar refractivity (Wildman–Crippen MR) is 103 cm³/mol. The molecule has 0 aliphatic heterocycles. The predicted octanol–water partition coefficient (Wildman–Crippen LogP) is 4.26. The van der Waals surface area contributed by atoms with Gasteiger partial charge in [-0.2, -0.15) is 0 Å². The summed E-state index contributed by atoms with van der Waals surface area (Å²) in [7, 11) is 1.50. The maximum absolute atomic E-state index is 12.5. The van der Waals surface area contributed by atoms with Crippen molar-refractivity contribution in [3.8, 4) is 17.1 Å². The Morgan fingerprint density at radius 2 is 2.04 bits per heavy atom. The molecule has 9 heteroatoms. The van der Waals surface area contributed by atoms with Gasteiger partial charge in [0, 0.05) is 17.3 Å². The van der Waals surface area contributed by atoms with Crippen molar-refractivity contribution in [1.82, 2.24) is 0 Å². The van der Waals surface area contributed by atoms with Crippen molar-refractivity contribution in [2.75, 3.05) is 12.4 Å². The molecule has 0 radical (unpaired) electrons. The molecule has 2 aromatic carbocycles. The van der Waals surface area contributed by atoms with E-state index in [-0.39, 0.29) is 22.9 Å². The number of aliphatic hydroxyl groups excluding tert-OH is 1. The second kappa shape index (κ2) is 8.12. The number of carbonyl (C=O) groups excluding carboxylic acids is 1. The van der Waals surface area contributed by atoms with Crippen molar-refractivity contribution in [3.63, 3.8) is 0 Å². The largest absolute Gasteiger partial charge is 0.496 e. The maximum atomic E-state index is 12.5. The number of amides is 1. The Hall–Kier alpha value is -3.36. The third-order valence-electron chi connectivity index (χ3n) is 3.95. The van der Waals surface area contributed by atoms with Crippen molar-refractivity contribution in [1.29, 1.82) is 0 Å². The van der Waals surface area contributed by atoms with E-state index in [9.17, 15) is 14.9 Å². The highest BCUT2D eigenvalue weighted by atomic mass is 35.5. The van der Waals surface area contributed by atoms with E-state index in [2.05, 4.69) is 5.32 Å². The van der Waals surface area contributed by atoms with Gasteiger partial charge < -0.3 is 19.6 Å². The number of benzene rings is 2. The Kier molecular flexibility index (Phi) is 5.62. The summed E-state index contributed by atoms with van der Waals surface area (Å²) in [4.78, 5) is 22.8. The summed E-state index contributed by atoms with van der Waals surface area (Å²) < 4.78 is 10.8. The number of nitrogens with one attached hydrogen (secondary N) is 1. The van der Waals surface area contributed by atoms with Gasteiger partial charge in [0.15, 0.2) is 0 Å². The molecule has 0 saturated carbocycles. The SMILES string of the molecule is COc1ccc(NC(=O)c2ccc(Cl)c([N+](=O)[O-])c2)cc1-c1ccc(CO)o1. The number of aliphatic hydroxyl groups is 1. The van der Waals surface area contributed by atoms with Crippen molar-refractivity contribution in [2.24, 2.45) is 0 Å². The molecule has 144 valence electrons. The summed E-state index contributed by atoms with van der Waals surface area (Å²) in [6.07, 6.45) is 0. The molecular formula is C19H15ClN2O6. The first-order valence-corrected chi connectivity index (χ1v) is 8.44. The molecule has 0 saturated heterocycles. The molecule has 0 aliphatic rings. The highest BCUT2D eigenvalue weighted by molar-refractivity contribution is 6.32. The zero-order valence-electron chi connectivity index (χ0n) is 14.6. The van der Waals surface area contributed by atoms with Crippen LogP contribution in [0, 0.1) is 10.1 Å². The van der Waals surface area contributed by atoms with Crippen LogP contribution in [0.5, 0.6) is 5.75 Å². The van der Waals surface area contributed by atoms with Crippen molar-refractivity contribution < 1.29 is 24.0 Å². The normalized spacial score (nSPS) is 10.5. The van der Waals surface area contributed by atoms with Crippen LogP contribution in [0.2, 0.25) is 5.02 Å². The Morgan fingerprint density at radius 3 is 2.68 bits per heavy atom. The van der Waals surface area contributed by atoms with Crippen LogP contribution in [0.4, 0.5) is 11.4 Å². The smallest absolute Gasteiger partial charge is 0.288 e. The van der Waals surface area contributed by atoms with E-state index in [1.54, 1.807) is 30.3 Å². The third-order valence-corrected chi connectivity index (χ3v) is 4.26. The van der Waals surface area contributed by atoms with E-state index in [0.717, 1.165) is 6.07 Å². The van der Waals surface area contributed by atoms with Gasteiger partial charge in [0.05, 0.1) is 17.6 Å². The molecule has 0 aliphatic carbocycles. The number of rotatable bonds is 6. The van der Waals surface area contributed by atoms with Crippen LogP contribution in [0.1, 0.15) is 16.1 Å². The van der Waals surface area contributed by atoms with Crippen LogP contribution in [0.25, 0.3) is 11.3 Å². The molecule has 0 unspecified atom stereocenters. The van der Waals surface area contributed by atoms with Gasteiger partial charge in [0.1, 0.15) is 28.9 Å². The minimum atomic E-state index is -0.653. The highest BCUT2D eigenvalue weighted by Gasteiger charge is 2.17. The van der Waals surface area contributed by atoms with E-state index in [1.165, 1.54) is 19.2 Å². The summed E-state index contributed by atoms with van der Waals surface area (Å²) in [5, 5.41) is 22.8. The fourth-order valence-corrected chi connectivity index (χ4v) is 2.77. The minimum Gasteiger partial charge on any atom is -0.496 e. The Morgan fingerprint density at radius 1 is 1.25 bits per heavy atom. The van der Waals surface area contributed by atoms with Gasteiger partial charge >= 0.3 is 0 Å². The average molecular weight is 403 g/mol. The second-order valence-electron chi connectivity index (χ2n) is 5.72. The van der Waals surface area contributed by atoms with Crippen LogP contribution >= 0.6 is 11.6 Å². The highest BCUT2D eigenvalue weighted by Crippen LogP contribution is 2.34. The molecule has 8 nitrogen and oxygen atoms in total. The lowest BCUT2D eigenvalue weighted by atomic mass is 10.1. The van der Waals surface area contributed by atoms with Crippen LogP contribution in [0.15, 0.2) is 52.9 Å². The van der Waals surface area contributed by atoms with Crippen LogP contribution < -0.4 is 10.1 Å². The molecule has 1 heterocycles. The summed E-state index contributed by atoms with van der Waals surface area (Å²) in [5.41, 5.74) is 0.744. The summed E-state index contributed by atoms with van der Waals surface area (Å²) in [6, 6.07) is 12.0. The molecule has 2 N–H and O–H groups in total. The number of furan rings is 1. The van der Waals surface area contributed by atoms with Gasteiger partial charge in [-0.05, 0) is 42.5 Å². The summed E-state index contributed by atoms with van der Waals surface area (Å²) >= 11 is 5.78. The van der Waals surface area contributed by atoms with Crippen LogP contribution in [-0.4, -0.2) is 23.0 Å². The van der Waals surface area contributed by atoms with Crippen molar-refractivity contribution in [3.05, 3.63) is 75.0 Å². The molecule has 0 spiro atoms. The standard InChI is InChI=1S/C19H15ClN2O6/c1-27-17-6-3-12(9-14(17)18-7-4-13(10-23)28-18)21-19(24)11-2-5-15(20)16(8-11)22(25)26/h2-9,23H,10H2,1H3,(H,21,24). The topological polar surface area (TPSA) is 115 Å². The number of halogens is 1. The maximum Gasteiger partial charge on any atom is 0.288 e. The van der Waals surface area contributed by atoms with E-state index in [1.807, 2.05) is 0 Å². The van der Waals surface area contributed by atoms with E-state index >= 15 is 0 Å². The molecule has 0 atom stereocenters. The van der Waals surface area contributed by atoms with Gasteiger partial charge in [-0.15, -0.1) is 0 Å².